The Hall–Kier alpha value is -0.780. The molecule has 2 aliphatic rings. The molecule has 0 radical (unpaired) electrons. The molecule has 0 aliphatic heterocycles. The van der Waals surface area contributed by atoms with Crippen LogP contribution in [0.4, 0.5) is 5.69 Å². The van der Waals surface area contributed by atoms with E-state index in [2.05, 4.69) is 22.6 Å². The van der Waals surface area contributed by atoms with Crippen molar-refractivity contribution in [2.45, 2.75) is 55.3 Å². The van der Waals surface area contributed by atoms with Crippen LogP contribution in [0.5, 0.6) is 5.75 Å². The molecule has 4 heteroatoms. The minimum absolute atomic E-state index is 0.0656. The third-order valence-electron chi connectivity index (χ3n) is 5.57. The Morgan fingerprint density at radius 2 is 1.43 bits per heavy atom. The minimum atomic E-state index is -0.0656. The predicted molar refractivity (Wildman–Crippen MR) is 102 cm³/mol. The lowest BCUT2D eigenvalue weighted by Gasteiger charge is -2.36. The molecule has 0 spiro atoms. The van der Waals surface area contributed by atoms with Crippen LogP contribution in [0.3, 0.4) is 0 Å². The van der Waals surface area contributed by atoms with Crippen LogP contribution < -0.4 is 10.5 Å². The number of carbonyl (C=O) groups excluding carboxylic acids is 1. The quantitative estimate of drug-likeness (QED) is 0.244. The molecule has 3 rings (SSSR count). The average Bonchev–Trinajstić information content (AvgIpc) is 2.58. The Morgan fingerprint density at radius 1 is 0.913 bits per heavy atom. The van der Waals surface area contributed by atoms with Gasteiger partial charge in [0.2, 0.25) is 0 Å². The molecule has 0 atom stereocenters. The van der Waals surface area contributed by atoms with Gasteiger partial charge in [0.25, 0.3) is 0 Å². The van der Waals surface area contributed by atoms with Crippen molar-refractivity contribution in [3.8, 4) is 5.75 Å². The van der Waals surface area contributed by atoms with E-state index in [1.165, 1.54) is 38.5 Å². The lowest BCUT2D eigenvalue weighted by molar-refractivity contribution is -0.140. The molecule has 0 aromatic heterocycles. The second-order valence-corrected chi connectivity index (χ2v) is 8.88. The van der Waals surface area contributed by atoms with E-state index < -0.39 is 0 Å². The smallest absolute Gasteiger partial charge is 0.314 e. The number of halogens is 1. The van der Waals surface area contributed by atoms with Gasteiger partial charge in [-0.05, 0) is 87.5 Å². The van der Waals surface area contributed by atoms with Gasteiger partial charge in [0.05, 0.1) is 5.92 Å². The zero-order valence-electron chi connectivity index (χ0n) is 13.5. The summed E-state index contributed by atoms with van der Waals surface area (Å²) in [6, 6.07) is 7.06. The highest BCUT2D eigenvalue weighted by Gasteiger charge is 2.33. The van der Waals surface area contributed by atoms with Crippen LogP contribution >= 0.6 is 22.6 Å². The third kappa shape index (κ3) is 4.61. The van der Waals surface area contributed by atoms with Crippen LogP contribution in [0.1, 0.15) is 51.4 Å². The maximum Gasteiger partial charge on any atom is 0.314 e. The first-order valence-corrected chi connectivity index (χ1v) is 10.1. The predicted octanol–water partition coefficient (Wildman–Crippen LogP) is 4.97. The summed E-state index contributed by atoms with van der Waals surface area (Å²) in [5.74, 6) is 2.34. The van der Waals surface area contributed by atoms with Gasteiger partial charge in [-0.2, -0.15) is 0 Å². The molecule has 23 heavy (non-hydrogen) atoms. The van der Waals surface area contributed by atoms with E-state index in [9.17, 15) is 4.79 Å². The van der Waals surface area contributed by atoms with Gasteiger partial charge in [0.1, 0.15) is 5.75 Å². The molecule has 0 saturated heterocycles. The van der Waals surface area contributed by atoms with Crippen molar-refractivity contribution in [2.24, 2.45) is 17.8 Å². The van der Waals surface area contributed by atoms with Gasteiger partial charge in [-0.25, -0.2) is 0 Å². The highest BCUT2D eigenvalue weighted by atomic mass is 127. The highest BCUT2D eigenvalue weighted by molar-refractivity contribution is 14.1. The van der Waals surface area contributed by atoms with Gasteiger partial charge in [0.15, 0.2) is 0 Å². The van der Waals surface area contributed by atoms with Crippen molar-refractivity contribution < 1.29 is 9.53 Å². The summed E-state index contributed by atoms with van der Waals surface area (Å²) in [6.07, 6.45) is 9.90. The van der Waals surface area contributed by atoms with Crippen LogP contribution in [-0.4, -0.2) is 9.89 Å². The summed E-state index contributed by atoms with van der Waals surface area (Å²) in [5.41, 5.74) is 6.34. The van der Waals surface area contributed by atoms with E-state index in [1.54, 1.807) is 24.3 Å². The zero-order chi connectivity index (χ0) is 16.2. The number of anilines is 1. The van der Waals surface area contributed by atoms with E-state index in [0.29, 0.717) is 11.4 Å². The van der Waals surface area contributed by atoms with Crippen LogP contribution in [0, 0.1) is 17.8 Å². The molecule has 3 nitrogen and oxygen atoms in total. The Bertz CT molecular complexity index is 515. The number of hydrogen-bond acceptors (Lipinski definition) is 3. The minimum Gasteiger partial charge on any atom is -0.426 e. The largest absolute Gasteiger partial charge is 0.426 e. The number of carbonyl (C=O) groups is 1. The Labute approximate surface area is 152 Å². The second kappa shape index (κ2) is 7.86. The summed E-state index contributed by atoms with van der Waals surface area (Å²) < 4.78 is 6.39. The van der Waals surface area contributed by atoms with E-state index in [-0.39, 0.29) is 11.9 Å². The first kappa shape index (κ1) is 17.1. The van der Waals surface area contributed by atoms with Gasteiger partial charge in [-0.15, -0.1) is 0 Å². The van der Waals surface area contributed by atoms with Crippen LogP contribution in [0.15, 0.2) is 24.3 Å². The first-order chi connectivity index (χ1) is 11.1. The summed E-state index contributed by atoms with van der Waals surface area (Å²) in [5, 5.41) is 0. The van der Waals surface area contributed by atoms with Gasteiger partial charge >= 0.3 is 5.97 Å². The van der Waals surface area contributed by atoms with E-state index >= 15 is 0 Å². The Balaban J connectivity index is 1.46. The van der Waals surface area contributed by atoms with Gasteiger partial charge < -0.3 is 10.5 Å². The maximum atomic E-state index is 12.3. The number of nitrogen functional groups attached to an aromatic ring is 1. The summed E-state index contributed by atoms with van der Waals surface area (Å²) in [4.78, 5) is 12.3. The van der Waals surface area contributed by atoms with Gasteiger partial charge in [0, 0.05) is 9.61 Å². The van der Waals surface area contributed by atoms with Crippen molar-refractivity contribution in [2.75, 3.05) is 5.73 Å². The van der Waals surface area contributed by atoms with E-state index in [0.717, 1.165) is 28.6 Å². The lowest BCUT2D eigenvalue weighted by atomic mass is 9.71. The van der Waals surface area contributed by atoms with E-state index in [1.807, 2.05) is 0 Å². The lowest BCUT2D eigenvalue weighted by Crippen LogP contribution is -2.30. The summed E-state index contributed by atoms with van der Waals surface area (Å²) in [7, 11) is 0. The maximum absolute atomic E-state index is 12.3. The van der Waals surface area contributed by atoms with Crippen molar-refractivity contribution in [3.63, 3.8) is 0 Å². The number of benzene rings is 1. The van der Waals surface area contributed by atoms with Crippen LogP contribution in [-0.2, 0) is 4.79 Å². The number of rotatable bonds is 3. The molecule has 2 aliphatic carbocycles. The number of ether oxygens (including phenoxy) is 1. The number of hydrogen-bond donors (Lipinski definition) is 1. The number of nitrogens with two attached hydrogens (primary N) is 1. The fraction of sp³-hybridized carbons (Fsp3) is 0.632. The number of esters is 1. The van der Waals surface area contributed by atoms with Crippen molar-refractivity contribution in [3.05, 3.63) is 24.3 Å². The fourth-order valence-electron chi connectivity index (χ4n) is 4.11. The third-order valence-corrected chi connectivity index (χ3v) is 6.82. The van der Waals surface area contributed by atoms with Crippen LogP contribution in [0.25, 0.3) is 0 Å². The first-order valence-electron chi connectivity index (χ1n) is 8.83. The molecule has 0 heterocycles. The molecule has 126 valence electrons. The molecule has 1 aromatic carbocycles. The molecule has 1 aromatic rings. The standard InChI is InChI=1S/C19H26INO2/c20-16-7-5-14(6-8-16)13-1-3-15(4-2-13)19(22)23-18-11-9-17(21)10-12-18/h9-16H,1-8,21H2. The molecule has 2 fully saturated rings. The summed E-state index contributed by atoms with van der Waals surface area (Å²) in [6.45, 7) is 0. The highest BCUT2D eigenvalue weighted by Crippen LogP contribution is 2.41. The average molecular weight is 427 g/mol. The second-order valence-electron chi connectivity index (χ2n) is 7.11. The van der Waals surface area contributed by atoms with Crippen molar-refractivity contribution >= 4 is 34.2 Å². The Kier molecular flexibility index (Phi) is 5.83. The molecular formula is C19H26INO2. The molecule has 0 unspecified atom stereocenters. The molecule has 2 N–H and O–H groups in total. The van der Waals surface area contributed by atoms with E-state index in [4.69, 9.17) is 10.5 Å². The molecule has 0 amide bonds. The van der Waals surface area contributed by atoms with Gasteiger partial charge in [-0.1, -0.05) is 22.6 Å². The van der Waals surface area contributed by atoms with Crippen molar-refractivity contribution in [1.29, 1.82) is 0 Å². The molecular weight excluding hydrogens is 401 g/mol. The molecule has 0 bridgehead atoms. The van der Waals surface area contributed by atoms with Crippen molar-refractivity contribution in [1.82, 2.24) is 0 Å². The number of alkyl halides is 1. The Morgan fingerprint density at radius 3 is 2.00 bits per heavy atom. The van der Waals surface area contributed by atoms with Gasteiger partial charge in [-0.3, -0.25) is 4.79 Å². The topological polar surface area (TPSA) is 52.3 Å². The van der Waals surface area contributed by atoms with Crippen LogP contribution in [0.2, 0.25) is 0 Å². The fourth-order valence-corrected chi connectivity index (χ4v) is 4.83. The SMILES string of the molecule is Nc1ccc(OC(=O)C2CCC(C3CCC(I)CC3)CC2)cc1. The monoisotopic (exact) mass is 427 g/mol. The zero-order valence-corrected chi connectivity index (χ0v) is 15.7. The normalized spacial score (nSPS) is 31.5. The molecule has 2 saturated carbocycles. The summed E-state index contributed by atoms with van der Waals surface area (Å²) >= 11 is 2.59.